The molecule has 19 heavy (non-hydrogen) atoms. The fourth-order valence-corrected chi connectivity index (χ4v) is 2.96. The molecule has 0 spiro atoms. The Bertz CT molecular complexity index is 532. The quantitative estimate of drug-likeness (QED) is 0.719. The summed E-state index contributed by atoms with van der Waals surface area (Å²) >= 11 is 0. The molecule has 0 aliphatic carbocycles. The molecule has 0 aromatic carbocycles. The van der Waals surface area contributed by atoms with Crippen molar-refractivity contribution in [3.8, 4) is 0 Å². The van der Waals surface area contributed by atoms with Crippen molar-refractivity contribution in [2.24, 2.45) is 0 Å². The van der Waals surface area contributed by atoms with Crippen LogP contribution in [0.5, 0.6) is 0 Å². The molecule has 1 fully saturated rings. The highest BCUT2D eigenvalue weighted by Gasteiger charge is 2.30. The average molecular weight is 287 g/mol. The van der Waals surface area contributed by atoms with Gasteiger partial charge in [-0.05, 0) is 0 Å². The first-order valence-corrected chi connectivity index (χ1v) is 7.27. The van der Waals surface area contributed by atoms with Gasteiger partial charge in [0.15, 0.2) is 0 Å². The molecule has 1 aromatic heterocycles. The highest BCUT2D eigenvalue weighted by atomic mass is 32.2. The Morgan fingerprint density at radius 2 is 1.84 bits per heavy atom. The minimum Gasteiger partial charge on any atom is -0.321 e. The molecule has 0 saturated carbocycles. The van der Waals surface area contributed by atoms with Crippen LogP contribution in [0.25, 0.3) is 0 Å². The minimum atomic E-state index is -3.39. The summed E-state index contributed by atoms with van der Waals surface area (Å²) in [4.78, 5) is 17.5. The zero-order chi connectivity index (χ0) is 14.0. The van der Waals surface area contributed by atoms with E-state index >= 15 is 0 Å². The van der Waals surface area contributed by atoms with Crippen LogP contribution in [-0.4, -0.2) is 77.8 Å². The second kappa shape index (κ2) is 5.27. The SMILES string of the molecule is CN(C)S(=O)(=O)N1CCN(C(=O)n2ccnc2)CC1. The summed E-state index contributed by atoms with van der Waals surface area (Å²) in [6, 6.07) is -0.181. The standard InChI is InChI=1S/C10H17N5O3S/c1-12(2)19(17,18)15-7-5-13(6-8-15)10(16)14-4-3-11-9-14/h3-4,9H,5-8H2,1-2H3. The lowest BCUT2D eigenvalue weighted by Gasteiger charge is -2.34. The van der Waals surface area contributed by atoms with Crippen LogP contribution in [0.1, 0.15) is 0 Å². The van der Waals surface area contributed by atoms with Crippen LogP contribution >= 0.6 is 0 Å². The molecule has 1 amide bonds. The van der Waals surface area contributed by atoms with Crippen molar-refractivity contribution in [2.45, 2.75) is 0 Å². The number of carbonyl (C=O) groups excluding carboxylic acids is 1. The van der Waals surface area contributed by atoms with Gasteiger partial charge in [0.1, 0.15) is 6.33 Å². The van der Waals surface area contributed by atoms with Gasteiger partial charge in [-0.25, -0.2) is 9.78 Å². The maximum Gasteiger partial charge on any atom is 0.329 e. The summed E-state index contributed by atoms with van der Waals surface area (Å²) in [7, 11) is -0.397. The zero-order valence-corrected chi connectivity index (χ0v) is 11.7. The van der Waals surface area contributed by atoms with Crippen molar-refractivity contribution < 1.29 is 13.2 Å². The Morgan fingerprint density at radius 1 is 1.21 bits per heavy atom. The summed E-state index contributed by atoms with van der Waals surface area (Å²) < 4.78 is 27.8. The molecule has 2 heterocycles. The van der Waals surface area contributed by atoms with Gasteiger partial charge in [0.2, 0.25) is 0 Å². The van der Waals surface area contributed by atoms with Gasteiger partial charge in [0, 0.05) is 52.7 Å². The van der Waals surface area contributed by atoms with Gasteiger partial charge in [-0.1, -0.05) is 0 Å². The number of imidazole rings is 1. The van der Waals surface area contributed by atoms with Gasteiger partial charge in [0.25, 0.3) is 10.2 Å². The number of aromatic nitrogens is 2. The highest BCUT2D eigenvalue weighted by molar-refractivity contribution is 7.86. The van der Waals surface area contributed by atoms with Crippen LogP contribution in [0.3, 0.4) is 0 Å². The molecule has 106 valence electrons. The van der Waals surface area contributed by atoms with Gasteiger partial charge >= 0.3 is 6.03 Å². The molecule has 0 bridgehead atoms. The molecular formula is C10H17N5O3S. The van der Waals surface area contributed by atoms with Gasteiger partial charge in [-0.2, -0.15) is 17.0 Å². The maximum atomic E-state index is 12.0. The molecule has 1 aromatic rings. The lowest BCUT2D eigenvalue weighted by Crippen LogP contribution is -2.53. The lowest BCUT2D eigenvalue weighted by atomic mass is 10.4. The molecule has 1 saturated heterocycles. The van der Waals surface area contributed by atoms with Crippen LogP contribution in [0.2, 0.25) is 0 Å². The number of piperazine rings is 1. The van der Waals surface area contributed by atoms with Crippen molar-refractivity contribution in [1.29, 1.82) is 0 Å². The summed E-state index contributed by atoms with van der Waals surface area (Å²) in [6.45, 7) is 1.37. The van der Waals surface area contributed by atoms with Gasteiger partial charge in [-0.15, -0.1) is 0 Å². The number of amides is 1. The van der Waals surface area contributed by atoms with Crippen molar-refractivity contribution in [2.75, 3.05) is 40.3 Å². The molecule has 1 aliphatic heterocycles. The van der Waals surface area contributed by atoms with Crippen LogP contribution in [0, 0.1) is 0 Å². The van der Waals surface area contributed by atoms with Gasteiger partial charge < -0.3 is 4.90 Å². The van der Waals surface area contributed by atoms with E-state index in [4.69, 9.17) is 0 Å². The summed E-state index contributed by atoms with van der Waals surface area (Å²) in [5.41, 5.74) is 0. The highest BCUT2D eigenvalue weighted by Crippen LogP contribution is 2.10. The number of nitrogens with zero attached hydrogens (tertiary/aromatic N) is 5. The number of hydrogen-bond acceptors (Lipinski definition) is 4. The van der Waals surface area contributed by atoms with E-state index in [1.807, 2.05) is 0 Å². The fraction of sp³-hybridized carbons (Fsp3) is 0.600. The van der Waals surface area contributed by atoms with Crippen LogP contribution < -0.4 is 0 Å². The van der Waals surface area contributed by atoms with E-state index in [1.54, 1.807) is 11.1 Å². The van der Waals surface area contributed by atoms with Crippen LogP contribution in [-0.2, 0) is 10.2 Å². The second-order valence-electron chi connectivity index (χ2n) is 4.43. The van der Waals surface area contributed by atoms with Gasteiger partial charge in [-0.3, -0.25) is 4.57 Å². The molecule has 8 nitrogen and oxygen atoms in total. The minimum absolute atomic E-state index is 0.181. The zero-order valence-electron chi connectivity index (χ0n) is 10.9. The van der Waals surface area contributed by atoms with E-state index in [9.17, 15) is 13.2 Å². The number of carbonyl (C=O) groups is 1. The van der Waals surface area contributed by atoms with Crippen molar-refractivity contribution in [3.63, 3.8) is 0 Å². The monoisotopic (exact) mass is 287 g/mol. The molecule has 0 unspecified atom stereocenters. The van der Waals surface area contributed by atoms with Crippen molar-refractivity contribution >= 4 is 16.2 Å². The van der Waals surface area contributed by atoms with E-state index in [0.29, 0.717) is 26.2 Å². The van der Waals surface area contributed by atoms with E-state index < -0.39 is 10.2 Å². The third kappa shape index (κ3) is 2.77. The first-order valence-electron chi connectivity index (χ1n) is 5.88. The Hall–Kier alpha value is -1.45. The van der Waals surface area contributed by atoms with Crippen molar-refractivity contribution in [3.05, 3.63) is 18.7 Å². The molecule has 0 N–H and O–H groups in total. The van der Waals surface area contributed by atoms with Crippen LogP contribution in [0.15, 0.2) is 18.7 Å². The third-order valence-electron chi connectivity index (χ3n) is 3.02. The van der Waals surface area contributed by atoms with E-state index in [-0.39, 0.29) is 6.03 Å². The molecular weight excluding hydrogens is 270 g/mol. The molecule has 0 atom stereocenters. The Morgan fingerprint density at radius 3 is 2.32 bits per heavy atom. The van der Waals surface area contributed by atoms with Gasteiger partial charge in [0.05, 0.1) is 0 Å². The Kier molecular flexibility index (Phi) is 3.88. The van der Waals surface area contributed by atoms with Crippen molar-refractivity contribution in [1.82, 2.24) is 23.1 Å². The topological polar surface area (TPSA) is 78.8 Å². The predicted octanol–water partition coefficient (Wildman–Crippen LogP) is -0.725. The van der Waals surface area contributed by atoms with Crippen LogP contribution in [0.4, 0.5) is 4.79 Å². The normalized spacial score (nSPS) is 17.9. The first-order chi connectivity index (χ1) is 8.93. The maximum absolute atomic E-state index is 12.0. The second-order valence-corrected chi connectivity index (χ2v) is 6.57. The average Bonchev–Trinajstić information content (AvgIpc) is 2.91. The lowest BCUT2D eigenvalue weighted by molar-refractivity contribution is 0.171. The largest absolute Gasteiger partial charge is 0.329 e. The van der Waals surface area contributed by atoms with E-state index in [2.05, 4.69) is 4.98 Å². The first kappa shape index (κ1) is 14.0. The van der Waals surface area contributed by atoms with E-state index in [1.165, 1.54) is 39.8 Å². The molecule has 9 heteroatoms. The molecule has 2 rings (SSSR count). The Labute approximate surface area is 112 Å². The molecule has 1 aliphatic rings. The molecule has 0 radical (unpaired) electrons. The predicted molar refractivity (Wildman–Crippen MR) is 68.8 cm³/mol. The number of rotatable bonds is 2. The summed E-state index contributed by atoms with van der Waals surface area (Å²) in [5, 5.41) is 0. The summed E-state index contributed by atoms with van der Waals surface area (Å²) in [5.74, 6) is 0. The van der Waals surface area contributed by atoms with E-state index in [0.717, 1.165) is 0 Å². The fourth-order valence-electron chi connectivity index (χ4n) is 1.88. The Balaban J connectivity index is 1.98. The summed E-state index contributed by atoms with van der Waals surface area (Å²) in [6.07, 6.45) is 4.54. The number of hydrogen-bond donors (Lipinski definition) is 0. The smallest absolute Gasteiger partial charge is 0.321 e. The third-order valence-corrected chi connectivity index (χ3v) is 4.96.